The van der Waals surface area contributed by atoms with E-state index in [0.717, 1.165) is 0 Å². The Labute approximate surface area is 118 Å². The van der Waals surface area contributed by atoms with Crippen LogP contribution in [0.3, 0.4) is 0 Å². The van der Waals surface area contributed by atoms with Gasteiger partial charge in [0.25, 0.3) is 11.6 Å². The van der Waals surface area contributed by atoms with Crippen LogP contribution in [-0.2, 0) is 0 Å². The first-order valence-corrected chi connectivity index (χ1v) is 6.52. The third-order valence-corrected chi connectivity index (χ3v) is 3.53. The van der Waals surface area contributed by atoms with E-state index in [1.807, 2.05) is 13.8 Å². The first kappa shape index (κ1) is 16.1. The summed E-state index contributed by atoms with van der Waals surface area (Å²) in [5.41, 5.74) is -0.152. The van der Waals surface area contributed by atoms with Gasteiger partial charge < -0.3 is 10.4 Å². The van der Waals surface area contributed by atoms with Crippen LogP contribution in [0.2, 0.25) is 0 Å². The van der Waals surface area contributed by atoms with Crippen molar-refractivity contribution in [2.75, 3.05) is 6.61 Å². The van der Waals surface area contributed by atoms with Crippen LogP contribution in [0.25, 0.3) is 0 Å². The molecular weight excluding hydrogens is 260 g/mol. The number of nitrogens with one attached hydrogen (secondary N) is 1. The van der Waals surface area contributed by atoms with Crippen molar-refractivity contribution in [1.29, 1.82) is 0 Å². The zero-order chi connectivity index (χ0) is 15.3. The molecule has 0 saturated carbocycles. The predicted molar refractivity (Wildman–Crippen MR) is 75.7 cm³/mol. The molecular formula is C14H20N2O4. The monoisotopic (exact) mass is 280 g/mol. The average molecular weight is 280 g/mol. The van der Waals surface area contributed by atoms with Gasteiger partial charge in [-0.2, -0.15) is 0 Å². The summed E-state index contributed by atoms with van der Waals surface area (Å²) in [5.74, 6) is -0.479. The summed E-state index contributed by atoms with van der Waals surface area (Å²) in [5, 5.41) is 22.9. The molecule has 1 atom stereocenters. The van der Waals surface area contributed by atoms with Crippen LogP contribution in [0.1, 0.15) is 42.6 Å². The van der Waals surface area contributed by atoms with Gasteiger partial charge in [-0.1, -0.05) is 19.1 Å². The molecule has 0 heterocycles. The summed E-state index contributed by atoms with van der Waals surface area (Å²) in [6.07, 6.45) is 1.02. The molecule has 0 fully saturated rings. The SMILES string of the molecule is CCC(C)(CCO)NC(=O)c1c(C)cccc1[N+](=O)[O-]. The highest BCUT2D eigenvalue weighted by Gasteiger charge is 2.28. The van der Waals surface area contributed by atoms with E-state index in [4.69, 9.17) is 5.11 Å². The molecule has 0 aliphatic carbocycles. The van der Waals surface area contributed by atoms with Gasteiger partial charge in [0.05, 0.1) is 4.92 Å². The van der Waals surface area contributed by atoms with Gasteiger partial charge in [0.2, 0.25) is 0 Å². The Morgan fingerprint density at radius 2 is 2.15 bits per heavy atom. The average Bonchev–Trinajstić information content (AvgIpc) is 2.38. The molecule has 1 aromatic rings. The number of nitro benzene ring substituents is 1. The third-order valence-electron chi connectivity index (χ3n) is 3.53. The minimum Gasteiger partial charge on any atom is -0.396 e. The van der Waals surface area contributed by atoms with Crippen LogP contribution in [-0.4, -0.2) is 28.1 Å². The molecule has 0 spiro atoms. The van der Waals surface area contributed by atoms with Gasteiger partial charge in [-0.3, -0.25) is 14.9 Å². The number of hydrogen-bond acceptors (Lipinski definition) is 4. The number of nitro groups is 1. The number of benzene rings is 1. The summed E-state index contributed by atoms with van der Waals surface area (Å²) in [7, 11) is 0. The normalized spacial score (nSPS) is 13.6. The molecule has 110 valence electrons. The van der Waals surface area contributed by atoms with Crippen molar-refractivity contribution < 1.29 is 14.8 Å². The third kappa shape index (κ3) is 3.54. The second-order valence-corrected chi connectivity index (χ2v) is 5.07. The maximum atomic E-state index is 12.3. The molecule has 20 heavy (non-hydrogen) atoms. The predicted octanol–water partition coefficient (Wildman–Crippen LogP) is 2.18. The van der Waals surface area contributed by atoms with Gasteiger partial charge in [-0.15, -0.1) is 0 Å². The van der Waals surface area contributed by atoms with Crippen molar-refractivity contribution >= 4 is 11.6 Å². The van der Waals surface area contributed by atoms with Crippen molar-refractivity contribution in [3.8, 4) is 0 Å². The zero-order valence-electron chi connectivity index (χ0n) is 12.0. The lowest BCUT2D eigenvalue weighted by Gasteiger charge is -2.29. The quantitative estimate of drug-likeness (QED) is 0.617. The van der Waals surface area contributed by atoms with Crippen molar-refractivity contribution in [2.24, 2.45) is 0 Å². The minimum atomic E-state index is -0.581. The van der Waals surface area contributed by atoms with Crippen molar-refractivity contribution in [1.82, 2.24) is 5.32 Å². The molecule has 1 unspecified atom stereocenters. The molecule has 2 N–H and O–H groups in total. The van der Waals surface area contributed by atoms with Crippen LogP contribution in [0.15, 0.2) is 18.2 Å². The number of amides is 1. The molecule has 6 nitrogen and oxygen atoms in total. The summed E-state index contributed by atoms with van der Waals surface area (Å²) in [4.78, 5) is 22.8. The number of aliphatic hydroxyl groups is 1. The Hall–Kier alpha value is -1.95. The summed E-state index contributed by atoms with van der Waals surface area (Å²) in [6.45, 7) is 5.31. The van der Waals surface area contributed by atoms with Crippen LogP contribution in [0.5, 0.6) is 0 Å². The molecule has 1 aromatic carbocycles. The van der Waals surface area contributed by atoms with Gasteiger partial charge in [-0.25, -0.2) is 0 Å². The number of hydrogen-bond donors (Lipinski definition) is 2. The number of aliphatic hydroxyl groups excluding tert-OH is 1. The molecule has 1 rings (SSSR count). The van der Waals surface area contributed by atoms with E-state index >= 15 is 0 Å². The van der Waals surface area contributed by atoms with Gasteiger partial charge in [0.15, 0.2) is 0 Å². The van der Waals surface area contributed by atoms with Crippen molar-refractivity contribution in [3.63, 3.8) is 0 Å². The van der Waals surface area contributed by atoms with Crippen LogP contribution < -0.4 is 5.32 Å². The Balaban J connectivity index is 3.12. The van der Waals surface area contributed by atoms with Crippen LogP contribution in [0, 0.1) is 17.0 Å². The molecule has 6 heteroatoms. The summed E-state index contributed by atoms with van der Waals surface area (Å²) in [6, 6.07) is 4.53. The second kappa shape index (κ2) is 6.47. The standard InChI is InChI=1S/C14H20N2O4/c1-4-14(3,8-9-17)15-13(18)12-10(2)6-5-7-11(12)16(19)20/h5-7,17H,4,8-9H2,1-3H3,(H,15,18). The fourth-order valence-electron chi connectivity index (χ4n) is 2.01. The minimum absolute atomic E-state index is 0.0551. The summed E-state index contributed by atoms with van der Waals surface area (Å²) >= 11 is 0. The number of rotatable bonds is 6. The lowest BCUT2D eigenvalue weighted by atomic mass is 9.93. The fraction of sp³-hybridized carbons (Fsp3) is 0.500. The summed E-state index contributed by atoms with van der Waals surface area (Å²) < 4.78 is 0. The number of carbonyl (C=O) groups is 1. The van der Waals surface area contributed by atoms with E-state index in [1.165, 1.54) is 6.07 Å². The highest BCUT2D eigenvalue weighted by molar-refractivity contribution is 6.00. The Morgan fingerprint density at radius 3 is 2.65 bits per heavy atom. The topological polar surface area (TPSA) is 92.5 Å². The lowest BCUT2D eigenvalue weighted by Crippen LogP contribution is -2.46. The maximum absolute atomic E-state index is 12.3. The van der Waals surface area contributed by atoms with Gasteiger partial charge >= 0.3 is 0 Å². The number of aryl methyl sites for hydroxylation is 1. The van der Waals surface area contributed by atoms with E-state index < -0.39 is 16.4 Å². The van der Waals surface area contributed by atoms with E-state index in [9.17, 15) is 14.9 Å². The van der Waals surface area contributed by atoms with Gasteiger partial charge in [0.1, 0.15) is 5.56 Å². The largest absolute Gasteiger partial charge is 0.396 e. The van der Waals surface area contributed by atoms with E-state index in [-0.39, 0.29) is 17.9 Å². The van der Waals surface area contributed by atoms with Crippen molar-refractivity contribution in [3.05, 3.63) is 39.4 Å². The van der Waals surface area contributed by atoms with Crippen molar-refractivity contribution in [2.45, 2.75) is 39.2 Å². The first-order chi connectivity index (χ1) is 9.34. The van der Waals surface area contributed by atoms with Crippen LogP contribution >= 0.6 is 0 Å². The fourth-order valence-corrected chi connectivity index (χ4v) is 2.01. The smallest absolute Gasteiger partial charge is 0.282 e. The molecule has 0 saturated heterocycles. The highest BCUT2D eigenvalue weighted by atomic mass is 16.6. The number of carbonyl (C=O) groups excluding carboxylic acids is 1. The second-order valence-electron chi connectivity index (χ2n) is 5.07. The lowest BCUT2D eigenvalue weighted by molar-refractivity contribution is -0.385. The van der Waals surface area contributed by atoms with Gasteiger partial charge in [-0.05, 0) is 32.3 Å². The molecule has 0 radical (unpaired) electrons. The highest BCUT2D eigenvalue weighted by Crippen LogP contribution is 2.23. The first-order valence-electron chi connectivity index (χ1n) is 6.52. The molecule has 0 bridgehead atoms. The van der Waals surface area contributed by atoms with Crippen LogP contribution in [0.4, 0.5) is 5.69 Å². The molecule has 0 aliphatic heterocycles. The zero-order valence-corrected chi connectivity index (χ0v) is 12.0. The van der Waals surface area contributed by atoms with E-state index in [0.29, 0.717) is 18.4 Å². The number of nitrogens with zero attached hydrogens (tertiary/aromatic N) is 1. The van der Waals surface area contributed by atoms with E-state index in [1.54, 1.807) is 19.1 Å². The Morgan fingerprint density at radius 1 is 1.50 bits per heavy atom. The molecule has 0 aliphatic rings. The molecule has 0 aromatic heterocycles. The Bertz CT molecular complexity index is 516. The van der Waals surface area contributed by atoms with E-state index in [2.05, 4.69) is 5.32 Å². The maximum Gasteiger partial charge on any atom is 0.282 e. The Kier molecular flexibility index (Phi) is 5.21. The van der Waals surface area contributed by atoms with Gasteiger partial charge in [0, 0.05) is 18.2 Å². The molecule has 1 amide bonds.